The van der Waals surface area contributed by atoms with E-state index in [0.717, 1.165) is 55.4 Å². The number of imidazole rings is 1. The fourth-order valence-electron chi connectivity index (χ4n) is 3.94. The monoisotopic (exact) mass is 393 g/mol. The van der Waals surface area contributed by atoms with Crippen molar-refractivity contribution in [2.75, 3.05) is 31.2 Å². The summed E-state index contributed by atoms with van der Waals surface area (Å²) in [5, 5.41) is 19.0. The van der Waals surface area contributed by atoms with Crippen LogP contribution in [0.4, 0.5) is 5.82 Å². The summed E-state index contributed by atoms with van der Waals surface area (Å²) in [6, 6.07) is 13.8. The summed E-state index contributed by atoms with van der Waals surface area (Å²) in [4.78, 5) is 6.54. The van der Waals surface area contributed by atoms with Crippen molar-refractivity contribution in [3.63, 3.8) is 0 Å². The summed E-state index contributed by atoms with van der Waals surface area (Å²) < 4.78 is 7.80. The predicted octanol–water partition coefficient (Wildman–Crippen LogP) is 2.93. The molecule has 0 spiro atoms. The molecule has 7 nitrogen and oxygen atoms in total. The maximum absolute atomic E-state index is 10.2. The number of hydrogen-bond acceptors (Lipinski definition) is 6. The Morgan fingerprint density at radius 1 is 1.14 bits per heavy atom. The summed E-state index contributed by atoms with van der Waals surface area (Å²) in [6.07, 6.45) is 6.44. The molecule has 7 heteroatoms. The van der Waals surface area contributed by atoms with E-state index in [1.807, 2.05) is 60.3 Å². The van der Waals surface area contributed by atoms with Gasteiger partial charge in [0.25, 0.3) is 0 Å². The van der Waals surface area contributed by atoms with Gasteiger partial charge in [0.05, 0.1) is 13.2 Å². The second kappa shape index (κ2) is 8.61. The van der Waals surface area contributed by atoms with Crippen molar-refractivity contribution in [1.29, 1.82) is 0 Å². The topological polar surface area (TPSA) is 76.3 Å². The molecule has 1 saturated heterocycles. The van der Waals surface area contributed by atoms with Gasteiger partial charge >= 0.3 is 0 Å². The Bertz CT molecular complexity index is 912. The quantitative estimate of drug-likeness (QED) is 0.665. The van der Waals surface area contributed by atoms with Crippen LogP contribution < -0.4 is 9.64 Å². The van der Waals surface area contributed by atoms with Gasteiger partial charge < -0.3 is 19.3 Å². The highest BCUT2D eigenvalue weighted by molar-refractivity contribution is 5.52. The van der Waals surface area contributed by atoms with Crippen LogP contribution in [0.3, 0.4) is 0 Å². The Balaban J connectivity index is 1.41. The minimum Gasteiger partial charge on any atom is -0.494 e. The molecule has 1 aromatic carbocycles. The number of anilines is 1. The highest BCUT2D eigenvalue weighted by Gasteiger charge is 2.35. The molecular formula is C22H27N5O2. The van der Waals surface area contributed by atoms with E-state index < -0.39 is 0 Å². The Morgan fingerprint density at radius 2 is 2.00 bits per heavy atom. The molecule has 29 heavy (non-hydrogen) atoms. The minimum atomic E-state index is -0.187. The van der Waals surface area contributed by atoms with Gasteiger partial charge in [-0.3, -0.25) is 0 Å². The average Bonchev–Trinajstić information content (AvgIpc) is 3.21. The zero-order valence-corrected chi connectivity index (χ0v) is 16.7. The maximum atomic E-state index is 10.2. The molecule has 1 atom stereocenters. The predicted molar refractivity (Wildman–Crippen MR) is 112 cm³/mol. The molecule has 2 aromatic heterocycles. The van der Waals surface area contributed by atoms with Crippen molar-refractivity contribution in [2.24, 2.45) is 12.5 Å². The van der Waals surface area contributed by atoms with Gasteiger partial charge in [-0.25, -0.2) is 4.98 Å². The molecule has 0 amide bonds. The van der Waals surface area contributed by atoms with Crippen LogP contribution in [0.1, 0.15) is 19.3 Å². The van der Waals surface area contributed by atoms with E-state index in [0.29, 0.717) is 6.61 Å². The van der Waals surface area contributed by atoms with Gasteiger partial charge in [0.2, 0.25) is 0 Å². The number of aryl methyl sites for hydroxylation is 1. The third-order valence-corrected chi connectivity index (χ3v) is 5.67. The van der Waals surface area contributed by atoms with Crippen LogP contribution in [-0.2, 0) is 7.05 Å². The van der Waals surface area contributed by atoms with E-state index >= 15 is 0 Å². The van der Waals surface area contributed by atoms with Crippen molar-refractivity contribution in [3.05, 3.63) is 54.9 Å². The Labute approximate surface area is 171 Å². The SMILES string of the molecule is Cn1ccnc1-c1ccc(N2CCC[C@](CO)(CCOc3ccccc3)C2)nn1. The molecule has 1 aliphatic heterocycles. The molecule has 0 unspecified atom stereocenters. The second-order valence-corrected chi connectivity index (χ2v) is 7.73. The molecule has 1 N–H and O–H groups in total. The fraction of sp³-hybridized carbons (Fsp3) is 0.409. The summed E-state index contributed by atoms with van der Waals surface area (Å²) in [5.41, 5.74) is 0.565. The molecule has 1 aliphatic rings. The van der Waals surface area contributed by atoms with Crippen LogP contribution in [0.25, 0.3) is 11.5 Å². The van der Waals surface area contributed by atoms with Crippen LogP contribution >= 0.6 is 0 Å². The zero-order chi connectivity index (χ0) is 20.1. The maximum Gasteiger partial charge on any atom is 0.160 e. The van der Waals surface area contributed by atoms with Crippen LogP contribution in [0.5, 0.6) is 5.75 Å². The molecular weight excluding hydrogens is 366 g/mol. The first-order chi connectivity index (χ1) is 14.2. The van der Waals surface area contributed by atoms with E-state index in [1.54, 1.807) is 6.20 Å². The molecule has 1 fully saturated rings. The lowest BCUT2D eigenvalue weighted by Crippen LogP contribution is -2.46. The standard InChI is InChI=1S/C22H27N5O2/c1-26-14-12-23-21(26)19-8-9-20(25-24-19)27-13-5-10-22(16-27,17-28)11-15-29-18-6-3-2-4-7-18/h2-4,6-9,12,14,28H,5,10-11,13,15-17H2,1H3/t22-/m0/s1. The van der Waals surface area contributed by atoms with Crippen molar-refractivity contribution < 1.29 is 9.84 Å². The van der Waals surface area contributed by atoms with Crippen LogP contribution in [0.2, 0.25) is 0 Å². The Morgan fingerprint density at radius 3 is 2.69 bits per heavy atom. The number of hydrogen-bond donors (Lipinski definition) is 1. The van der Waals surface area contributed by atoms with E-state index in [-0.39, 0.29) is 12.0 Å². The minimum absolute atomic E-state index is 0.139. The third-order valence-electron chi connectivity index (χ3n) is 5.67. The van der Waals surface area contributed by atoms with E-state index in [2.05, 4.69) is 20.1 Å². The van der Waals surface area contributed by atoms with Gasteiger partial charge in [0.15, 0.2) is 11.6 Å². The van der Waals surface area contributed by atoms with Crippen molar-refractivity contribution in [2.45, 2.75) is 19.3 Å². The van der Waals surface area contributed by atoms with Gasteiger partial charge in [-0.05, 0) is 43.5 Å². The summed E-state index contributed by atoms with van der Waals surface area (Å²) >= 11 is 0. The fourth-order valence-corrected chi connectivity index (χ4v) is 3.94. The van der Waals surface area contributed by atoms with Gasteiger partial charge in [0, 0.05) is 37.9 Å². The number of benzene rings is 1. The number of aliphatic hydroxyl groups excluding tert-OH is 1. The third kappa shape index (κ3) is 4.40. The lowest BCUT2D eigenvalue weighted by Gasteiger charge is -2.42. The number of para-hydroxylation sites is 1. The number of rotatable bonds is 7. The van der Waals surface area contributed by atoms with E-state index in [1.165, 1.54) is 0 Å². The first-order valence-electron chi connectivity index (χ1n) is 10.0. The normalized spacial score (nSPS) is 19.3. The van der Waals surface area contributed by atoms with E-state index in [9.17, 15) is 5.11 Å². The summed E-state index contributed by atoms with van der Waals surface area (Å²) in [6.45, 7) is 2.39. The molecule has 0 radical (unpaired) electrons. The van der Waals surface area contributed by atoms with Crippen molar-refractivity contribution in [1.82, 2.24) is 19.7 Å². The number of aromatic nitrogens is 4. The van der Waals surface area contributed by atoms with Gasteiger partial charge in [-0.2, -0.15) is 0 Å². The number of aliphatic hydroxyl groups is 1. The van der Waals surface area contributed by atoms with Gasteiger partial charge in [-0.1, -0.05) is 18.2 Å². The zero-order valence-electron chi connectivity index (χ0n) is 16.7. The largest absolute Gasteiger partial charge is 0.494 e. The first-order valence-corrected chi connectivity index (χ1v) is 10.0. The van der Waals surface area contributed by atoms with Crippen LogP contribution in [-0.4, -0.2) is 51.2 Å². The molecule has 3 aromatic rings. The summed E-state index contributed by atoms with van der Waals surface area (Å²) in [5.74, 6) is 2.50. The van der Waals surface area contributed by atoms with Crippen LogP contribution in [0.15, 0.2) is 54.9 Å². The molecule has 3 heterocycles. The first kappa shape index (κ1) is 19.4. The highest BCUT2D eigenvalue weighted by atomic mass is 16.5. The van der Waals surface area contributed by atoms with Crippen molar-refractivity contribution >= 4 is 5.82 Å². The highest BCUT2D eigenvalue weighted by Crippen LogP contribution is 2.35. The van der Waals surface area contributed by atoms with E-state index in [4.69, 9.17) is 4.74 Å². The Hall–Kier alpha value is -2.93. The second-order valence-electron chi connectivity index (χ2n) is 7.73. The van der Waals surface area contributed by atoms with Gasteiger partial charge in [-0.15, -0.1) is 10.2 Å². The Kier molecular flexibility index (Phi) is 5.76. The van der Waals surface area contributed by atoms with Gasteiger partial charge in [0.1, 0.15) is 11.4 Å². The number of piperidine rings is 1. The van der Waals surface area contributed by atoms with Crippen LogP contribution in [0, 0.1) is 5.41 Å². The smallest absolute Gasteiger partial charge is 0.160 e. The molecule has 152 valence electrons. The van der Waals surface area contributed by atoms with Crippen molar-refractivity contribution in [3.8, 4) is 17.3 Å². The number of nitrogens with zero attached hydrogens (tertiary/aromatic N) is 5. The lowest BCUT2D eigenvalue weighted by molar-refractivity contribution is 0.0791. The molecule has 0 bridgehead atoms. The lowest BCUT2D eigenvalue weighted by atomic mass is 9.78. The molecule has 0 saturated carbocycles. The average molecular weight is 393 g/mol. The molecule has 0 aliphatic carbocycles. The number of ether oxygens (including phenoxy) is 1. The summed E-state index contributed by atoms with van der Waals surface area (Å²) in [7, 11) is 1.94. The molecule has 4 rings (SSSR count).